The lowest BCUT2D eigenvalue weighted by Gasteiger charge is -2.26. The number of aryl methyl sites for hydroxylation is 1. The van der Waals surface area contributed by atoms with Crippen molar-refractivity contribution in [3.63, 3.8) is 0 Å². The number of H-pyrrole nitrogens is 1. The zero-order valence-electron chi connectivity index (χ0n) is 12.9. The molecule has 0 aliphatic heterocycles. The van der Waals surface area contributed by atoms with Gasteiger partial charge in [-0.25, -0.2) is 13.1 Å². The van der Waals surface area contributed by atoms with Crippen LogP contribution in [-0.2, 0) is 16.6 Å². The Morgan fingerprint density at radius 1 is 1.33 bits per heavy atom. The Balaban J connectivity index is 1.89. The normalized spacial score (nSPS) is 23.4. The number of aromatic nitrogens is 2. The van der Waals surface area contributed by atoms with E-state index in [2.05, 4.69) is 21.8 Å². The van der Waals surface area contributed by atoms with Gasteiger partial charge < -0.3 is 5.73 Å². The van der Waals surface area contributed by atoms with Crippen molar-refractivity contribution in [1.82, 2.24) is 14.9 Å². The number of hydrogen-bond acceptors (Lipinski definition) is 4. The molecule has 4 N–H and O–H groups in total. The van der Waals surface area contributed by atoms with Crippen molar-refractivity contribution in [3.05, 3.63) is 11.3 Å². The molecule has 1 aliphatic carbocycles. The van der Waals surface area contributed by atoms with Gasteiger partial charge in [-0.05, 0) is 25.2 Å². The van der Waals surface area contributed by atoms with Gasteiger partial charge in [0.1, 0.15) is 0 Å². The molecule has 0 amide bonds. The van der Waals surface area contributed by atoms with E-state index in [-0.39, 0.29) is 11.6 Å². The highest BCUT2D eigenvalue weighted by Gasteiger charge is 2.24. The van der Waals surface area contributed by atoms with Gasteiger partial charge >= 0.3 is 0 Å². The maximum absolute atomic E-state index is 12.3. The fraction of sp³-hybridized carbons (Fsp3) is 0.786. The van der Waals surface area contributed by atoms with Gasteiger partial charge in [0, 0.05) is 24.3 Å². The summed E-state index contributed by atoms with van der Waals surface area (Å²) < 4.78 is 27.2. The summed E-state index contributed by atoms with van der Waals surface area (Å²) in [6.45, 7) is 4.70. The van der Waals surface area contributed by atoms with E-state index in [4.69, 9.17) is 5.73 Å². The Morgan fingerprint density at radius 2 is 2.00 bits per heavy atom. The number of nitrogens with one attached hydrogen (secondary N) is 2. The predicted octanol–water partition coefficient (Wildman–Crippen LogP) is 1.67. The molecule has 0 bridgehead atoms. The lowest BCUT2D eigenvalue weighted by molar-refractivity contribution is 0.278. The second kappa shape index (κ2) is 6.89. The van der Waals surface area contributed by atoms with Crippen LogP contribution in [0.25, 0.3) is 0 Å². The van der Waals surface area contributed by atoms with Gasteiger partial charge in [-0.2, -0.15) is 5.10 Å². The van der Waals surface area contributed by atoms with E-state index in [0.29, 0.717) is 23.7 Å². The lowest BCUT2D eigenvalue weighted by atomic mass is 9.81. The van der Waals surface area contributed by atoms with Crippen molar-refractivity contribution in [1.29, 1.82) is 0 Å². The summed E-state index contributed by atoms with van der Waals surface area (Å²) in [6.07, 6.45) is 5.82. The van der Waals surface area contributed by atoms with Gasteiger partial charge in [0.15, 0.2) is 5.03 Å². The molecule has 1 aromatic heterocycles. The van der Waals surface area contributed by atoms with Crippen LogP contribution in [0.4, 0.5) is 0 Å². The largest absolute Gasteiger partial charge is 0.326 e. The minimum Gasteiger partial charge on any atom is -0.326 e. The van der Waals surface area contributed by atoms with Crippen molar-refractivity contribution in [2.45, 2.75) is 57.5 Å². The van der Waals surface area contributed by atoms with Crippen LogP contribution < -0.4 is 10.5 Å². The van der Waals surface area contributed by atoms with E-state index in [1.807, 2.05) is 0 Å². The van der Waals surface area contributed by atoms with E-state index in [0.717, 1.165) is 12.3 Å². The van der Waals surface area contributed by atoms with E-state index >= 15 is 0 Å². The van der Waals surface area contributed by atoms with Crippen LogP contribution in [-0.4, -0.2) is 25.2 Å². The Hall–Kier alpha value is -0.920. The quantitative estimate of drug-likeness (QED) is 0.743. The monoisotopic (exact) mass is 314 g/mol. The predicted molar refractivity (Wildman–Crippen MR) is 82.1 cm³/mol. The third-order valence-corrected chi connectivity index (χ3v) is 5.91. The summed E-state index contributed by atoms with van der Waals surface area (Å²) in [5, 5.41) is 6.61. The number of aromatic amines is 1. The van der Waals surface area contributed by atoms with Gasteiger partial charge in [0.2, 0.25) is 0 Å². The first kappa shape index (κ1) is 16.5. The van der Waals surface area contributed by atoms with Crippen LogP contribution in [0.3, 0.4) is 0 Å². The topological polar surface area (TPSA) is 101 Å². The zero-order chi connectivity index (χ0) is 15.5. The summed E-state index contributed by atoms with van der Waals surface area (Å²) in [4.78, 5) is 0. The van der Waals surface area contributed by atoms with Crippen molar-refractivity contribution < 1.29 is 8.42 Å². The van der Waals surface area contributed by atoms with Crippen molar-refractivity contribution >= 4 is 10.0 Å². The average Bonchev–Trinajstić information content (AvgIpc) is 2.82. The summed E-state index contributed by atoms with van der Waals surface area (Å²) in [6, 6.07) is 0. The molecule has 0 radical (unpaired) electrons. The average molecular weight is 314 g/mol. The van der Waals surface area contributed by atoms with Crippen LogP contribution in [0.2, 0.25) is 0 Å². The standard InChI is InChI=1S/C14H26N4O2S/c1-10-3-5-12(6-4-10)7-8-16-21(19,20)14-13(9-15)11(2)17-18-14/h10,12,16H,3-9,15H2,1-2H3,(H,17,18). The van der Waals surface area contributed by atoms with Crippen LogP contribution in [0.15, 0.2) is 5.03 Å². The first-order valence-electron chi connectivity index (χ1n) is 7.67. The van der Waals surface area contributed by atoms with Crippen molar-refractivity contribution in [3.8, 4) is 0 Å². The van der Waals surface area contributed by atoms with Crippen LogP contribution in [0.5, 0.6) is 0 Å². The molecular formula is C14H26N4O2S. The van der Waals surface area contributed by atoms with E-state index in [1.54, 1.807) is 6.92 Å². The van der Waals surface area contributed by atoms with Crippen molar-refractivity contribution in [2.75, 3.05) is 6.54 Å². The Bertz CT molecular complexity index is 560. The van der Waals surface area contributed by atoms with Gasteiger partial charge in [0.05, 0.1) is 0 Å². The third kappa shape index (κ3) is 4.05. The summed E-state index contributed by atoms with van der Waals surface area (Å²) >= 11 is 0. The molecule has 21 heavy (non-hydrogen) atoms. The molecule has 1 aromatic rings. The maximum atomic E-state index is 12.3. The lowest BCUT2D eigenvalue weighted by Crippen LogP contribution is -2.28. The molecule has 2 rings (SSSR count). The number of hydrogen-bond donors (Lipinski definition) is 3. The Labute approximate surface area is 126 Å². The molecule has 120 valence electrons. The number of rotatable bonds is 6. The molecule has 7 heteroatoms. The highest BCUT2D eigenvalue weighted by Crippen LogP contribution is 2.30. The summed E-state index contributed by atoms with van der Waals surface area (Å²) in [7, 11) is -3.57. The van der Waals surface area contributed by atoms with E-state index in [1.165, 1.54) is 25.7 Å². The smallest absolute Gasteiger partial charge is 0.260 e. The molecule has 0 spiro atoms. The Morgan fingerprint density at radius 3 is 2.62 bits per heavy atom. The molecule has 0 aromatic carbocycles. The van der Waals surface area contributed by atoms with Crippen molar-refractivity contribution in [2.24, 2.45) is 17.6 Å². The first-order valence-corrected chi connectivity index (χ1v) is 9.16. The van der Waals surface area contributed by atoms with Crippen LogP contribution >= 0.6 is 0 Å². The molecule has 1 heterocycles. The molecule has 0 saturated heterocycles. The Kier molecular flexibility index (Phi) is 5.40. The third-order valence-electron chi connectivity index (χ3n) is 4.47. The highest BCUT2D eigenvalue weighted by atomic mass is 32.2. The minimum absolute atomic E-state index is 0.0415. The maximum Gasteiger partial charge on any atom is 0.260 e. The van der Waals surface area contributed by atoms with Gasteiger partial charge in [0.25, 0.3) is 10.0 Å². The molecule has 0 atom stereocenters. The van der Waals surface area contributed by atoms with Gasteiger partial charge in [-0.3, -0.25) is 5.10 Å². The SMILES string of the molecule is Cc1[nH]nc(S(=O)(=O)NCCC2CCC(C)CC2)c1CN. The zero-order valence-corrected chi connectivity index (χ0v) is 13.7. The fourth-order valence-electron chi connectivity index (χ4n) is 2.98. The molecular weight excluding hydrogens is 288 g/mol. The molecule has 1 aliphatic rings. The number of sulfonamides is 1. The number of nitrogens with zero attached hydrogens (tertiary/aromatic N) is 1. The van der Waals surface area contributed by atoms with Crippen LogP contribution in [0.1, 0.15) is 50.3 Å². The second-order valence-corrected chi connectivity index (χ2v) is 7.83. The van der Waals surface area contributed by atoms with E-state index in [9.17, 15) is 8.42 Å². The van der Waals surface area contributed by atoms with Gasteiger partial charge in [-0.1, -0.05) is 32.6 Å². The summed E-state index contributed by atoms with van der Waals surface area (Å²) in [5.74, 6) is 1.45. The summed E-state index contributed by atoms with van der Waals surface area (Å²) in [5.41, 5.74) is 6.87. The second-order valence-electron chi connectivity index (χ2n) is 6.15. The van der Waals surface area contributed by atoms with Gasteiger partial charge in [-0.15, -0.1) is 0 Å². The van der Waals surface area contributed by atoms with Crippen LogP contribution in [0, 0.1) is 18.8 Å². The minimum atomic E-state index is -3.57. The molecule has 1 fully saturated rings. The number of nitrogens with two attached hydrogens (primary N) is 1. The highest BCUT2D eigenvalue weighted by molar-refractivity contribution is 7.89. The molecule has 1 saturated carbocycles. The van der Waals surface area contributed by atoms with E-state index < -0.39 is 10.0 Å². The first-order chi connectivity index (χ1) is 9.94. The fourth-order valence-corrected chi connectivity index (χ4v) is 4.23. The molecule has 0 unspecified atom stereocenters. The molecule has 6 nitrogen and oxygen atoms in total.